The number of hydrogen-bond acceptors (Lipinski definition) is 4. The van der Waals surface area contributed by atoms with Crippen molar-refractivity contribution in [2.24, 2.45) is 0 Å². The Morgan fingerprint density at radius 2 is 1.63 bits per heavy atom. The predicted molar refractivity (Wildman–Crippen MR) is 118 cm³/mol. The van der Waals surface area contributed by atoms with Crippen molar-refractivity contribution in [2.45, 2.75) is 31.2 Å². The molecule has 3 aromatic rings. The third kappa shape index (κ3) is 5.24. The second-order valence-electron chi connectivity index (χ2n) is 7.05. The molecule has 0 saturated carbocycles. The largest absolute Gasteiger partial charge is 0.350 e. The zero-order chi connectivity index (χ0) is 21.6. The average molecular weight is 424 g/mol. The summed E-state index contributed by atoms with van der Waals surface area (Å²) in [5.74, 6) is -0.223. The molecule has 1 amide bonds. The maximum Gasteiger partial charge on any atom is 0.264 e. The average Bonchev–Trinajstić information content (AvgIpc) is 2.76. The molecule has 0 bridgehead atoms. The van der Waals surface area contributed by atoms with E-state index in [-0.39, 0.29) is 29.8 Å². The van der Waals surface area contributed by atoms with Gasteiger partial charge in [-0.1, -0.05) is 35.9 Å². The Morgan fingerprint density at radius 1 is 1.00 bits per heavy atom. The van der Waals surface area contributed by atoms with Crippen LogP contribution in [0.3, 0.4) is 0 Å². The normalized spacial score (nSPS) is 12.2. The summed E-state index contributed by atoms with van der Waals surface area (Å²) in [6, 6.07) is 19.0. The Kier molecular flexibility index (Phi) is 6.84. The van der Waals surface area contributed by atoms with E-state index in [1.807, 2.05) is 38.1 Å². The maximum atomic E-state index is 13.3. The Balaban J connectivity index is 1.78. The first-order valence-electron chi connectivity index (χ1n) is 9.71. The lowest BCUT2D eigenvalue weighted by molar-refractivity contribution is -0.121. The number of pyridine rings is 1. The highest BCUT2D eigenvalue weighted by atomic mass is 32.2. The Morgan fingerprint density at radius 3 is 2.27 bits per heavy atom. The van der Waals surface area contributed by atoms with Crippen molar-refractivity contribution in [1.82, 2.24) is 10.3 Å². The lowest BCUT2D eigenvalue weighted by atomic mass is 10.1. The molecule has 0 fully saturated rings. The van der Waals surface area contributed by atoms with Gasteiger partial charge in [-0.05, 0) is 55.8 Å². The molecule has 6 nitrogen and oxygen atoms in total. The third-order valence-electron chi connectivity index (χ3n) is 4.78. The quantitative estimate of drug-likeness (QED) is 0.597. The fourth-order valence-electron chi connectivity index (χ4n) is 3.07. The van der Waals surface area contributed by atoms with Gasteiger partial charge < -0.3 is 5.32 Å². The minimum absolute atomic E-state index is 0.0369. The zero-order valence-electron chi connectivity index (χ0n) is 17.0. The van der Waals surface area contributed by atoms with E-state index >= 15 is 0 Å². The van der Waals surface area contributed by atoms with Gasteiger partial charge in [0.25, 0.3) is 10.0 Å². The number of amides is 1. The Bertz CT molecular complexity index is 1070. The van der Waals surface area contributed by atoms with Crippen LogP contribution >= 0.6 is 0 Å². The van der Waals surface area contributed by atoms with E-state index in [2.05, 4.69) is 10.3 Å². The van der Waals surface area contributed by atoms with E-state index < -0.39 is 10.0 Å². The van der Waals surface area contributed by atoms with Crippen molar-refractivity contribution in [1.29, 1.82) is 0 Å². The van der Waals surface area contributed by atoms with Crippen LogP contribution in [0.4, 0.5) is 5.69 Å². The highest BCUT2D eigenvalue weighted by Crippen LogP contribution is 2.24. The molecule has 0 saturated heterocycles. The van der Waals surface area contributed by atoms with Gasteiger partial charge in [-0.25, -0.2) is 8.42 Å². The molecular weight excluding hydrogens is 398 g/mol. The van der Waals surface area contributed by atoms with E-state index in [1.54, 1.807) is 54.9 Å². The van der Waals surface area contributed by atoms with Crippen LogP contribution in [0.5, 0.6) is 0 Å². The number of sulfonamides is 1. The van der Waals surface area contributed by atoms with Gasteiger partial charge >= 0.3 is 0 Å². The number of benzene rings is 2. The molecule has 1 heterocycles. The summed E-state index contributed by atoms with van der Waals surface area (Å²) >= 11 is 0. The smallest absolute Gasteiger partial charge is 0.264 e. The van der Waals surface area contributed by atoms with Crippen LogP contribution in [0.1, 0.15) is 30.5 Å². The van der Waals surface area contributed by atoms with Gasteiger partial charge in [-0.15, -0.1) is 0 Å². The van der Waals surface area contributed by atoms with Gasteiger partial charge in [0, 0.05) is 25.4 Å². The van der Waals surface area contributed by atoms with E-state index in [1.165, 1.54) is 4.31 Å². The second-order valence-corrected chi connectivity index (χ2v) is 8.91. The predicted octanol–water partition coefficient (Wildman–Crippen LogP) is 3.85. The van der Waals surface area contributed by atoms with Gasteiger partial charge in [0.05, 0.1) is 16.6 Å². The summed E-state index contributed by atoms with van der Waals surface area (Å²) in [7, 11) is -3.80. The van der Waals surface area contributed by atoms with E-state index in [9.17, 15) is 13.2 Å². The van der Waals surface area contributed by atoms with Crippen molar-refractivity contribution in [2.75, 3.05) is 10.8 Å². The Hall–Kier alpha value is -3.19. The SMILES string of the molecule is Cc1ccc(N(CCC(=O)NC(C)c2ccncc2)S(=O)(=O)c2ccccc2)cc1. The van der Waals surface area contributed by atoms with Gasteiger partial charge in [0.2, 0.25) is 5.91 Å². The first-order valence-corrected chi connectivity index (χ1v) is 11.2. The summed E-state index contributed by atoms with van der Waals surface area (Å²) < 4.78 is 27.8. The van der Waals surface area contributed by atoms with Crippen LogP contribution in [-0.4, -0.2) is 25.9 Å². The number of anilines is 1. The number of hydrogen-bond donors (Lipinski definition) is 1. The summed E-state index contributed by atoms with van der Waals surface area (Å²) in [5, 5.41) is 2.92. The number of aryl methyl sites for hydroxylation is 1. The van der Waals surface area contributed by atoms with Crippen LogP contribution in [-0.2, 0) is 14.8 Å². The molecule has 156 valence electrons. The fraction of sp³-hybridized carbons (Fsp3) is 0.217. The number of carbonyl (C=O) groups is 1. The lowest BCUT2D eigenvalue weighted by Crippen LogP contribution is -2.36. The van der Waals surface area contributed by atoms with Gasteiger partial charge in [-0.2, -0.15) is 0 Å². The van der Waals surface area contributed by atoms with E-state index in [0.29, 0.717) is 5.69 Å². The molecule has 30 heavy (non-hydrogen) atoms. The molecule has 1 aromatic heterocycles. The number of aromatic nitrogens is 1. The number of nitrogens with zero attached hydrogens (tertiary/aromatic N) is 2. The van der Waals surface area contributed by atoms with E-state index in [4.69, 9.17) is 0 Å². The molecule has 0 aliphatic heterocycles. The molecule has 1 atom stereocenters. The van der Waals surface area contributed by atoms with Crippen LogP contribution in [0.25, 0.3) is 0 Å². The molecule has 2 aromatic carbocycles. The minimum atomic E-state index is -3.80. The molecule has 0 aliphatic carbocycles. The molecule has 1 N–H and O–H groups in total. The van der Waals surface area contributed by atoms with Crippen LogP contribution in [0.2, 0.25) is 0 Å². The first kappa shape index (κ1) is 21.5. The van der Waals surface area contributed by atoms with Crippen molar-refractivity contribution in [3.05, 3.63) is 90.3 Å². The molecule has 1 unspecified atom stereocenters. The molecule has 0 spiro atoms. The van der Waals surface area contributed by atoms with Crippen LogP contribution in [0.15, 0.2) is 84.0 Å². The molecule has 7 heteroatoms. The lowest BCUT2D eigenvalue weighted by Gasteiger charge is -2.25. The maximum absolute atomic E-state index is 13.3. The highest BCUT2D eigenvalue weighted by Gasteiger charge is 2.25. The summed E-state index contributed by atoms with van der Waals surface area (Å²) in [6.45, 7) is 3.86. The standard InChI is InChI=1S/C23H25N3O3S/c1-18-8-10-21(11-9-18)26(30(28,29)22-6-4-3-5-7-22)17-14-23(27)25-19(2)20-12-15-24-16-13-20/h3-13,15-16,19H,14,17H2,1-2H3,(H,25,27). The second kappa shape index (κ2) is 9.54. The molecular formula is C23H25N3O3S. The number of carbonyl (C=O) groups excluding carboxylic acids is 1. The highest BCUT2D eigenvalue weighted by molar-refractivity contribution is 7.92. The third-order valence-corrected chi connectivity index (χ3v) is 6.62. The van der Waals surface area contributed by atoms with Crippen molar-refractivity contribution >= 4 is 21.6 Å². The summed E-state index contributed by atoms with van der Waals surface area (Å²) in [6.07, 6.45) is 3.38. The van der Waals surface area contributed by atoms with Crippen LogP contribution < -0.4 is 9.62 Å². The minimum Gasteiger partial charge on any atom is -0.350 e. The summed E-state index contributed by atoms with van der Waals surface area (Å²) in [5.41, 5.74) is 2.49. The number of nitrogens with one attached hydrogen (secondary N) is 1. The molecule has 0 aliphatic rings. The van der Waals surface area contributed by atoms with Gasteiger partial charge in [-0.3, -0.25) is 14.1 Å². The van der Waals surface area contributed by atoms with Crippen molar-refractivity contribution in [3.63, 3.8) is 0 Å². The van der Waals surface area contributed by atoms with E-state index in [0.717, 1.165) is 11.1 Å². The summed E-state index contributed by atoms with van der Waals surface area (Å²) in [4.78, 5) is 16.7. The Labute approximate surface area is 177 Å². The number of rotatable bonds is 8. The zero-order valence-corrected chi connectivity index (χ0v) is 17.8. The monoisotopic (exact) mass is 423 g/mol. The topological polar surface area (TPSA) is 79.4 Å². The molecule has 0 radical (unpaired) electrons. The molecule has 3 rings (SSSR count). The van der Waals surface area contributed by atoms with Crippen molar-refractivity contribution < 1.29 is 13.2 Å². The van der Waals surface area contributed by atoms with Gasteiger partial charge in [0.15, 0.2) is 0 Å². The first-order chi connectivity index (χ1) is 14.4. The van der Waals surface area contributed by atoms with Crippen LogP contribution in [0, 0.1) is 6.92 Å². The van der Waals surface area contributed by atoms with Crippen molar-refractivity contribution in [3.8, 4) is 0 Å². The van der Waals surface area contributed by atoms with Gasteiger partial charge in [0.1, 0.15) is 0 Å². The fourth-order valence-corrected chi connectivity index (χ4v) is 4.56.